The second kappa shape index (κ2) is 8.96. The molecule has 1 heterocycles. The zero-order valence-corrected chi connectivity index (χ0v) is 18.9. The summed E-state index contributed by atoms with van der Waals surface area (Å²) in [6.45, 7) is 10.1. The maximum Gasteiger partial charge on any atom is 0.418 e. The molecule has 9 heteroatoms. The van der Waals surface area contributed by atoms with Crippen molar-refractivity contribution in [2.24, 2.45) is 5.41 Å². The van der Waals surface area contributed by atoms with E-state index in [-0.39, 0.29) is 28.8 Å². The molecule has 0 saturated carbocycles. The Bertz CT molecular complexity index is 810. The largest absolute Gasteiger partial charge is 0.465 e. The van der Waals surface area contributed by atoms with Gasteiger partial charge in [0.05, 0.1) is 18.2 Å². The molecule has 0 aliphatic carbocycles. The smallest absolute Gasteiger partial charge is 0.418 e. The number of amides is 1. The number of piperidine rings is 1. The molecule has 2 rings (SSSR count). The predicted molar refractivity (Wildman–Crippen MR) is 111 cm³/mol. The number of nitrogens with zero attached hydrogens (tertiary/aromatic N) is 1. The van der Waals surface area contributed by atoms with Gasteiger partial charge in [0.25, 0.3) is 0 Å². The van der Waals surface area contributed by atoms with Crippen molar-refractivity contribution in [3.05, 3.63) is 29.3 Å². The Morgan fingerprint density at radius 2 is 1.74 bits per heavy atom. The molecule has 1 atom stereocenters. The summed E-state index contributed by atoms with van der Waals surface area (Å²) in [6.07, 6.45) is -3.77. The monoisotopic (exact) mass is 444 g/mol. The summed E-state index contributed by atoms with van der Waals surface area (Å²) in [6, 6.07) is 2.81. The molecule has 1 amide bonds. The van der Waals surface area contributed by atoms with Crippen molar-refractivity contribution in [3.8, 4) is 0 Å². The molecule has 6 nitrogen and oxygen atoms in total. The minimum atomic E-state index is -4.57. The number of benzene rings is 1. The SMILES string of the molecule is COC(=O)c1ccc(C(F)(F)F)c(N[C@@H](C)C2(C)CCN(C(=O)OC(C)(C)C)CC2)c1. The van der Waals surface area contributed by atoms with E-state index in [1.165, 1.54) is 13.2 Å². The van der Waals surface area contributed by atoms with Crippen molar-refractivity contribution in [2.45, 2.75) is 65.3 Å². The number of likely N-dealkylation sites (tertiary alicyclic amines) is 1. The summed E-state index contributed by atoms with van der Waals surface area (Å²) in [4.78, 5) is 25.7. The van der Waals surface area contributed by atoms with Gasteiger partial charge in [-0.1, -0.05) is 6.92 Å². The van der Waals surface area contributed by atoms with E-state index >= 15 is 0 Å². The van der Waals surface area contributed by atoms with E-state index in [0.29, 0.717) is 25.9 Å². The lowest BCUT2D eigenvalue weighted by molar-refractivity contribution is -0.137. The first kappa shape index (κ1) is 24.8. The van der Waals surface area contributed by atoms with Crippen LogP contribution < -0.4 is 5.32 Å². The number of esters is 1. The topological polar surface area (TPSA) is 67.9 Å². The van der Waals surface area contributed by atoms with Crippen molar-refractivity contribution in [2.75, 3.05) is 25.5 Å². The molecule has 0 radical (unpaired) electrons. The molecule has 174 valence electrons. The van der Waals surface area contributed by atoms with Gasteiger partial charge >= 0.3 is 18.2 Å². The summed E-state index contributed by atoms with van der Waals surface area (Å²) in [7, 11) is 1.18. The van der Waals surface area contributed by atoms with Gasteiger partial charge in [-0.15, -0.1) is 0 Å². The lowest BCUT2D eigenvalue weighted by Gasteiger charge is -2.44. The highest BCUT2D eigenvalue weighted by Gasteiger charge is 2.39. The molecule has 1 fully saturated rings. The zero-order valence-electron chi connectivity index (χ0n) is 18.9. The van der Waals surface area contributed by atoms with Crippen LogP contribution in [0.25, 0.3) is 0 Å². The van der Waals surface area contributed by atoms with E-state index in [4.69, 9.17) is 4.74 Å². The van der Waals surface area contributed by atoms with Crippen LogP contribution in [0.5, 0.6) is 0 Å². The molecule has 31 heavy (non-hydrogen) atoms. The van der Waals surface area contributed by atoms with E-state index in [0.717, 1.165) is 12.1 Å². The number of rotatable bonds is 4. The summed E-state index contributed by atoms with van der Waals surface area (Å²) >= 11 is 0. The second-order valence-corrected chi connectivity index (χ2v) is 9.24. The molecule has 0 aromatic heterocycles. The van der Waals surface area contributed by atoms with Crippen LogP contribution in [0.2, 0.25) is 0 Å². The summed E-state index contributed by atoms with van der Waals surface area (Å²) in [5.41, 5.74) is -1.93. The van der Waals surface area contributed by atoms with Crippen LogP contribution in [0.4, 0.5) is 23.7 Å². The maximum absolute atomic E-state index is 13.5. The standard InChI is InChI=1S/C22H31F3N2O4/c1-14(21(5)9-11-27(12-10-21)19(29)31-20(2,3)4)26-17-13-15(18(28)30-6)7-8-16(17)22(23,24)25/h7-8,13-14,26H,9-12H2,1-6H3/t14-/m0/s1. The van der Waals surface area contributed by atoms with Crippen LogP contribution >= 0.6 is 0 Å². The maximum atomic E-state index is 13.5. The molecule has 1 saturated heterocycles. The first-order valence-electron chi connectivity index (χ1n) is 10.2. The number of nitrogens with one attached hydrogen (secondary N) is 1. The van der Waals surface area contributed by atoms with E-state index in [1.54, 1.807) is 25.7 Å². The number of carbonyl (C=O) groups excluding carboxylic acids is 2. The van der Waals surface area contributed by atoms with Crippen LogP contribution in [0.15, 0.2) is 18.2 Å². The van der Waals surface area contributed by atoms with Gasteiger partial charge < -0.3 is 19.7 Å². The molecule has 0 spiro atoms. The molecule has 1 N–H and O–H groups in total. The van der Waals surface area contributed by atoms with Crippen molar-refractivity contribution >= 4 is 17.7 Å². The third-order valence-corrected chi connectivity index (χ3v) is 5.72. The summed E-state index contributed by atoms with van der Waals surface area (Å²) < 4.78 is 50.6. The van der Waals surface area contributed by atoms with E-state index < -0.39 is 23.3 Å². The number of carbonyl (C=O) groups is 2. The highest BCUT2D eigenvalue weighted by atomic mass is 19.4. The second-order valence-electron chi connectivity index (χ2n) is 9.24. The van der Waals surface area contributed by atoms with Crippen molar-refractivity contribution < 1.29 is 32.2 Å². The molecule has 1 aromatic rings. The Balaban J connectivity index is 2.16. The van der Waals surface area contributed by atoms with Gasteiger partial charge in [0.1, 0.15) is 5.60 Å². The minimum Gasteiger partial charge on any atom is -0.465 e. The number of hydrogen-bond acceptors (Lipinski definition) is 5. The molecule has 0 bridgehead atoms. The fraction of sp³-hybridized carbons (Fsp3) is 0.636. The van der Waals surface area contributed by atoms with Gasteiger partial charge in [0, 0.05) is 24.8 Å². The minimum absolute atomic E-state index is 0.0371. The van der Waals surface area contributed by atoms with E-state index in [1.807, 2.05) is 13.8 Å². The summed E-state index contributed by atoms with van der Waals surface area (Å²) in [5, 5.41) is 2.97. The first-order chi connectivity index (χ1) is 14.2. The third-order valence-electron chi connectivity index (χ3n) is 5.72. The lowest BCUT2D eigenvalue weighted by Crippen LogP contribution is -2.49. The number of methoxy groups -OCH3 is 1. The third kappa shape index (κ3) is 6.27. The van der Waals surface area contributed by atoms with Crippen LogP contribution in [-0.4, -0.2) is 48.8 Å². The first-order valence-corrected chi connectivity index (χ1v) is 10.2. The molecule has 1 aromatic carbocycles. The van der Waals surface area contributed by atoms with Gasteiger partial charge in [-0.3, -0.25) is 0 Å². The Morgan fingerprint density at radius 1 is 1.16 bits per heavy atom. The molecule has 1 aliphatic heterocycles. The van der Waals surface area contributed by atoms with Crippen LogP contribution in [0.1, 0.15) is 63.4 Å². The number of ether oxygens (including phenoxy) is 2. The normalized spacial score (nSPS) is 17.6. The average Bonchev–Trinajstić information content (AvgIpc) is 2.65. The van der Waals surface area contributed by atoms with Gasteiger partial charge in [-0.25, -0.2) is 9.59 Å². The Labute approximate surface area is 181 Å². The van der Waals surface area contributed by atoms with Crippen LogP contribution in [0, 0.1) is 5.41 Å². The summed E-state index contributed by atoms with van der Waals surface area (Å²) in [5.74, 6) is -0.707. The molecule has 0 unspecified atom stereocenters. The van der Waals surface area contributed by atoms with Gasteiger partial charge in [0.15, 0.2) is 0 Å². The zero-order chi connectivity index (χ0) is 23.6. The van der Waals surface area contributed by atoms with Crippen molar-refractivity contribution in [1.82, 2.24) is 4.90 Å². The lowest BCUT2D eigenvalue weighted by atomic mass is 9.74. The molecular weight excluding hydrogens is 413 g/mol. The van der Waals surface area contributed by atoms with Gasteiger partial charge in [-0.2, -0.15) is 13.2 Å². The van der Waals surface area contributed by atoms with E-state index in [2.05, 4.69) is 10.1 Å². The highest BCUT2D eigenvalue weighted by molar-refractivity contribution is 5.90. The quantitative estimate of drug-likeness (QED) is 0.636. The molecule has 1 aliphatic rings. The fourth-order valence-electron chi connectivity index (χ4n) is 3.52. The predicted octanol–water partition coefficient (Wildman–Crippen LogP) is 5.33. The van der Waals surface area contributed by atoms with Crippen LogP contribution in [-0.2, 0) is 15.7 Å². The van der Waals surface area contributed by atoms with E-state index in [9.17, 15) is 22.8 Å². The Morgan fingerprint density at radius 3 is 2.23 bits per heavy atom. The highest BCUT2D eigenvalue weighted by Crippen LogP contribution is 2.40. The van der Waals surface area contributed by atoms with Crippen LogP contribution in [0.3, 0.4) is 0 Å². The number of alkyl halides is 3. The van der Waals surface area contributed by atoms with Gasteiger partial charge in [-0.05, 0) is 64.2 Å². The average molecular weight is 444 g/mol. The number of halogens is 3. The number of anilines is 1. The van der Waals surface area contributed by atoms with Gasteiger partial charge in [0.2, 0.25) is 0 Å². The van der Waals surface area contributed by atoms with Crippen molar-refractivity contribution in [1.29, 1.82) is 0 Å². The van der Waals surface area contributed by atoms with Crippen molar-refractivity contribution in [3.63, 3.8) is 0 Å². The molecular formula is C22H31F3N2O4. The fourth-order valence-corrected chi connectivity index (χ4v) is 3.52. The Kier molecular flexibility index (Phi) is 7.17. The Hall–Kier alpha value is -2.45. The number of hydrogen-bond donors (Lipinski definition) is 1.